The lowest BCUT2D eigenvalue weighted by Gasteiger charge is -2.14. The number of aromatic nitrogens is 3. The highest BCUT2D eigenvalue weighted by atomic mass is 16.4. The zero-order chi connectivity index (χ0) is 42.3. The molecule has 0 radical (unpaired) electrons. The molecule has 0 aliphatic carbocycles. The van der Waals surface area contributed by atoms with E-state index in [1.165, 1.54) is 32.3 Å². The normalized spacial score (nSPS) is 12.3. The van der Waals surface area contributed by atoms with E-state index in [4.69, 9.17) is 8.83 Å². The first-order valence-corrected chi connectivity index (χ1v) is 22.2. The van der Waals surface area contributed by atoms with Crippen LogP contribution in [0.4, 0.5) is 0 Å². The molecule has 0 N–H and O–H groups in total. The van der Waals surface area contributed by atoms with Crippen molar-refractivity contribution in [2.75, 3.05) is 0 Å². The van der Waals surface area contributed by atoms with E-state index < -0.39 is 0 Å². The minimum Gasteiger partial charge on any atom is -0.451 e. The van der Waals surface area contributed by atoms with Gasteiger partial charge in [0, 0.05) is 70.8 Å². The first kappa shape index (κ1) is 34.7. The average molecular weight is 830 g/mol. The van der Waals surface area contributed by atoms with Crippen molar-refractivity contribution >= 4 is 109 Å². The van der Waals surface area contributed by atoms with Gasteiger partial charge in [0.2, 0.25) is 0 Å². The number of hydrogen-bond acceptors (Lipinski definition) is 2. The third-order valence-electron chi connectivity index (χ3n) is 13.8. The number of furan rings is 2. The summed E-state index contributed by atoms with van der Waals surface area (Å²) in [5.41, 5.74) is 15.2. The van der Waals surface area contributed by atoms with Gasteiger partial charge in [0.25, 0.3) is 0 Å². The minimum atomic E-state index is 0.729. The van der Waals surface area contributed by atoms with Crippen LogP contribution in [-0.2, 0) is 0 Å². The number of para-hydroxylation sites is 6. The maximum atomic E-state index is 7.33. The highest BCUT2D eigenvalue weighted by Gasteiger charge is 2.25. The summed E-state index contributed by atoms with van der Waals surface area (Å²) in [6.07, 6.45) is 0. The molecule has 15 aromatic rings. The highest BCUT2D eigenvalue weighted by Crippen LogP contribution is 2.47. The molecule has 0 spiro atoms. The summed E-state index contributed by atoms with van der Waals surface area (Å²) in [7, 11) is 0. The van der Waals surface area contributed by atoms with E-state index >= 15 is 0 Å². The van der Waals surface area contributed by atoms with E-state index in [0.29, 0.717) is 0 Å². The van der Waals surface area contributed by atoms with Crippen molar-refractivity contribution in [3.8, 4) is 28.2 Å². The second kappa shape index (κ2) is 12.9. The highest BCUT2D eigenvalue weighted by molar-refractivity contribution is 6.23. The molecule has 0 saturated carbocycles. The van der Waals surface area contributed by atoms with Crippen molar-refractivity contribution in [3.63, 3.8) is 0 Å². The van der Waals surface area contributed by atoms with Gasteiger partial charge in [-0.05, 0) is 78.4 Å². The fourth-order valence-corrected chi connectivity index (χ4v) is 11.1. The second-order valence-electron chi connectivity index (χ2n) is 17.2. The summed E-state index contributed by atoms with van der Waals surface area (Å²) in [4.78, 5) is 0. The molecular formula is C60H35N3O2. The molecule has 65 heavy (non-hydrogen) atoms. The molecule has 5 heterocycles. The number of benzene rings is 10. The predicted molar refractivity (Wildman–Crippen MR) is 269 cm³/mol. The van der Waals surface area contributed by atoms with Crippen LogP contribution in [0, 0.1) is 0 Å². The van der Waals surface area contributed by atoms with E-state index in [1.54, 1.807) is 0 Å². The molecule has 0 amide bonds. The van der Waals surface area contributed by atoms with Crippen LogP contribution in [0.15, 0.2) is 221 Å². The quantitative estimate of drug-likeness (QED) is 0.177. The third-order valence-corrected chi connectivity index (χ3v) is 13.8. The fraction of sp³-hybridized carbons (Fsp3) is 0. The number of fused-ring (bicyclic) bond motifs is 16. The molecule has 0 atom stereocenters. The summed E-state index contributed by atoms with van der Waals surface area (Å²) in [6.45, 7) is 0. The lowest BCUT2D eigenvalue weighted by molar-refractivity contribution is 0.633. The SMILES string of the molecule is c1ccc(-c2cc(-n3c4ccccc4c4ccccc43)cc3c2oc2c3ccc3c4cc(-n5c6ccccc6c6ccccc65)cc(-n5c6ccccc6c6ccccc65)c4oc32)cc1. The summed E-state index contributed by atoms with van der Waals surface area (Å²) in [5, 5.41) is 11.3. The Labute approximate surface area is 370 Å². The number of hydrogen-bond donors (Lipinski definition) is 0. The van der Waals surface area contributed by atoms with Crippen LogP contribution in [0.5, 0.6) is 0 Å². The first-order chi connectivity index (χ1) is 32.3. The Kier molecular flexibility index (Phi) is 6.89. The average Bonchev–Trinajstić information content (AvgIpc) is 4.18. The number of rotatable bonds is 4. The smallest absolute Gasteiger partial charge is 0.178 e. The number of nitrogens with zero attached hydrogens (tertiary/aromatic N) is 3. The second-order valence-corrected chi connectivity index (χ2v) is 17.2. The third kappa shape index (κ3) is 4.71. The summed E-state index contributed by atoms with van der Waals surface area (Å²) < 4.78 is 21.7. The van der Waals surface area contributed by atoms with E-state index in [2.05, 4.69) is 226 Å². The first-order valence-electron chi connectivity index (χ1n) is 22.2. The van der Waals surface area contributed by atoms with E-state index in [0.717, 1.165) is 105 Å². The predicted octanol–water partition coefficient (Wildman–Crippen LogP) is 16.4. The zero-order valence-corrected chi connectivity index (χ0v) is 34.9. The van der Waals surface area contributed by atoms with E-state index in [-0.39, 0.29) is 0 Å². The van der Waals surface area contributed by atoms with Crippen LogP contribution in [0.1, 0.15) is 0 Å². The molecule has 0 aliphatic rings. The van der Waals surface area contributed by atoms with Gasteiger partial charge < -0.3 is 22.5 Å². The van der Waals surface area contributed by atoms with Crippen molar-refractivity contribution in [2.24, 2.45) is 0 Å². The summed E-state index contributed by atoms with van der Waals surface area (Å²) in [5.74, 6) is 0. The molecule has 302 valence electrons. The van der Waals surface area contributed by atoms with Gasteiger partial charge in [-0.3, -0.25) is 0 Å². The molecule has 15 rings (SSSR count). The Morgan fingerprint density at radius 2 is 0.600 bits per heavy atom. The van der Waals surface area contributed by atoms with Crippen molar-refractivity contribution in [2.45, 2.75) is 0 Å². The Morgan fingerprint density at radius 3 is 1.05 bits per heavy atom. The topological polar surface area (TPSA) is 41.1 Å². The van der Waals surface area contributed by atoms with Crippen LogP contribution >= 0.6 is 0 Å². The van der Waals surface area contributed by atoms with Crippen molar-refractivity contribution in [3.05, 3.63) is 212 Å². The van der Waals surface area contributed by atoms with Gasteiger partial charge in [0.05, 0.1) is 38.8 Å². The van der Waals surface area contributed by atoms with Crippen molar-refractivity contribution < 1.29 is 8.83 Å². The Balaban J connectivity index is 1.07. The molecule has 0 saturated heterocycles. The molecule has 5 nitrogen and oxygen atoms in total. The van der Waals surface area contributed by atoms with Gasteiger partial charge >= 0.3 is 0 Å². The van der Waals surface area contributed by atoms with Gasteiger partial charge in [-0.25, -0.2) is 0 Å². The maximum absolute atomic E-state index is 7.33. The van der Waals surface area contributed by atoms with Crippen LogP contribution in [-0.4, -0.2) is 13.7 Å². The van der Waals surface area contributed by atoms with Gasteiger partial charge in [-0.2, -0.15) is 0 Å². The molecule has 5 heteroatoms. The van der Waals surface area contributed by atoms with Crippen molar-refractivity contribution in [1.29, 1.82) is 0 Å². The molecule has 0 unspecified atom stereocenters. The molecule has 0 fully saturated rings. The van der Waals surface area contributed by atoms with Gasteiger partial charge in [-0.1, -0.05) is 140 Å². The molecular weight excluding hydrogens is 795 g/mol. The molecule has 5 aromatic heterocycles. The monoisotopic (exact) mass is 829 g/mol. The van der Waals surface area contributed by atoms with Crippen LogP contribution in [0.2, 0.25) is 0 Å². The largest absolute Gasteiger partial charge is 0.451 e. The van der Waals surface area contributed by atoms with Gasteiger partial charge in [-0.15, -0.1) is 0 Å². The Morgan fingerprint density at radius 1 is 0.246 bits per heavy atom. The van der Waals surface area contributed by atoms with E-state index in [9.17, 15) is 0 Å². The lowest BCUT2D eigenvalue weighted by Crippen LogP contribution is -1.99. The summed E-state index contributed by atoms with van der Waals surface area (Å²) in [6, 6.07) is 76.4. The molecule has 0 bridgehead atoms. The zero-order valence-electron chi connectivity index (χ0n) is 34.9. The fourth-order valence-electron chi connectivity index (χ4n) is 11.1. The van der Waals surface area contributed by atoms with Gasteiger partial charge in [0.15, 0.2) is 16.7 Å². The van der Waals surface area contributed by atoms with Crippen LogP contribution in [0.3, 0.4) is 0 Å². The minimum absolute atomic E-state index is 0.729. The lowest BCUT2D eigenvalue weighted by atomic mass is 10.0. The van der Waals surface area contributed by atoms with Crippen molar-refractivity contribution in [1.82, 2.24) is 13.7 Å². The van der Waals surface area contributed by atoms with E-state index in [1.807, 2.05) is 0 Å². The van der Waals surface area contributed by atoms with Gasteiger partial charge in [0.1, 0.15) is 5.58 Å². The Hall–Kier alpha value is -8.80. The molecule has 0 aliphatic heterocycles. The molecule has 10 aromatic carbocycles. The van der Waals surface area contributed by atoms with Crippen LogP contribution < -0.4 is 0 Å². The van der Waals surface area contributed by atoms with Crippen LogP contribution in [0.25, 0.3) is 137 Å². The standard InChI is InChI=1S/C60H35N3O2/c1-2-16-36(17-3-1)47-32-37(61-50-24-10-4-18-39(50)40-19-5-11-25-51(40)61)33-48-45-30-31-46-49-34-38(62-52-26-12-6-20-41(52)42-21-7-13-27-53(42)62)35-56(58(49)65-60(46)59(45)64-57(47)48)63-54-28-14-8-22-43(54)44-23-9-15-29-55(44)63/h1-35H. The Bertz CT molecular complexity index is 4320. The maximum Gasteiger partial charge on any atom is 0.178 e. The summed E-state index contributed by atoms with van der Waals surface area (Å²) >= 11 is 0.